The average Bonchev–Trinajstić information content (AvgIpc) is 2.97. The van der Waals surface area contributed by atoms with Gasteiger partial charge in [0.2, 0.25) is 0 Å². The molecule has 0 unspecified atom stereocenters. The zero-order chi connectivity index (χ0) is 15.1. The van der Waals surface area contributed by atoms with Crippen LogP contribution in [0.3, 0.4) is 0 Å². The molecular weight excluding hydrogens is 294 g/mol. The van der Waals surface area contributed by atoms with Crippen molar-refractivity contribution in [2.45, 2.75) is 20.4 Å². The molecule has 0 amide bonds. The zero-order valence-electron chi connectivity index (χ0n) is 11.3. The number of nitrogens with zero attached hydrogens (tertiary/aromatic N) is 3. The minimum atomic E-state index is -1.05. The van der Waals surface area contributed by atoms with Crippen LogP contribution in [0.15, 0.2) is 21.7 Å². The summed E-state index contributed by atoms with van der Waals surface area (Å²) in [4.78, 5) is 28.3. The summed E-state index contributed by atoms with van der Waals surface area (Å²) in [5, 5.41) is 13.2. The monoisotopic (exact) mass is 305 g/mol. The molecule has 0 saturated carbocycles. The first-order chi connectivity index (χ1) is 9.97. The maximum Gasteiger partial charge on any atom is 0.346 e. The van der Waals surface area contributed by atoms with Gasteiger partial charge in [0.25, 0.3) is 5.56 Å². The van der Waals surface area contributed by atoms with Gasteiger partial charge in [-0.25, -0.2) is 9.78 Å². The van der Waals surface area contributed by atoms with Gasteiger partial charge in [0.1, 0.15) is 9.71 Å². The molecule has 0 saturated heterocycles. The minimum absolute atomic E-state index is 0.142. The van der Waals surface area contributed by atoms with Gasteiger partial charge in [0.15, 0.2) is 5.76 Å². The quantitative estimate of drug-likeness (QED) is 0.792. The summed E-state index contributed by atoms with van der Waals surface area (Å²) in [7, 11) is 0. The van der Waals surface area contributed by atoms with E-state index in [-0.39, 0.29) is 17.0 Å². The van der Waals surface area contributed by atoms with Crippen molar-refractivity contribution in [3.05, 3.63) is 44.6 Å². The van der Waals surface area contributed by atoms with Crippen molar-refractivity contribution >= 4 is 27.5 Å². The summed E-state index contributed by atoms with van der Waals surface area (Å²) in [5.41, 5.74) is 0.894. The highest BCUT2D eigenvalue weighted by Crippen LogP contribution is 2.26. The second kappa shape index (κ2) is 4.81. The molecule has 7 nitrogen and oxygen atoms in total. The number of hydrogen-bond acceptors (Lipinski definition) is 6. The molecule has 108 valence electrons. The van der Waals surface area contributed by atoms with Crippen LogP contribution >= 0.6 is 11.3 Å². The van der Waals surface area contributed by atoms with Crippen LogP contribution in [0.4, 0.5) is 0 Å². The highest BCUT2D eigenvalue weighted by molar-refractivity contribution is 7.20. The molecule has 0 aliphatic rings. The zero-order valence-corrected chi connectivity index (χ0v) is 12.1. The summed E-state index contributed by atoms with van der Waals surface area (Å²) < 4.78 is 6.46. The second-order valence-corrected chi connectivity index (χ2v) is 5.65. The summed E-state index contributed by atoms with van der Waals surface area (Å²) in [6, 6.07) is 1.74. The van der Waals surface area contributed by atoms with Gasteiger partial charge in [0, 0.05) is 6.07 Å². The molecule has 0 atom stereocenters. The predicted molar refractivity (Wildman–Crippen MR) is 75.9 cm³/mol. The fraction of sp³-hybridized carbons (Fsp3) is 0.231. The van der Waals surface area contributed by atoms with E-state index in [1.54, 1.807) is 19.9 Å². The number of thiophene rings is 1. The van der Waals surface area contributed by atoms with Crippen LogP contribution in [0.25, 0.3) is 10.2 Å². The Kier molecular flexibility index (Phi) is 3.09. The fourth-order valence-corrected chi connectivity index (χ4v) is 3.11. The number of aryl methyl sites for hydroxylation is 2. The van der Waals surface area contributed by atoms with Gasteiger partial charge in [-0.05, 0) is 19.4 Å². The Morgan fingerprint density at radius 1 is 1.48 bits per heavy atom. The van der Waals surface area contributed by atoms with Gasteiger partial charge in [-0.3, -0.25) is 9.36 Å². The van der Waals surface area contributed by atoms with Crippen LogP contribution in [-0.2, 0) is 6.54 Å². The van der Waals surface area contributed by atoms with Crippen molar-refractivity contribution in [2.24, 2.45) is 0 Å². The van der Waals surface area contributed by atoms with Gasteiger partial charge in [-0.1, -0.05) is 5.16 Å². The molecule has 3 aromatic heterocycles. The lowest BCUT2D eigenvalue weighted by atomic mass is 10.2. The number of aromatic carboxylic acids is 1. The maximum absolute atomic E-state index is 12.5. The van der Waals surface area contributed by atoms with Crippen molar-refractivity contribution in [1.82, 2.24) is 14.7 Å². The lowest BCUT2D eigenvalue weighted by Gasteiger charge is -2.02. The standard InChI is InChI=1S/C13H11N3O4S/c1-6-3-8(20-15-6)4-16-5-14-11-9(12(16)17)7(2)10(21-11)13(18)19/h3,5H,4H2,1-2H3,(H,18,19). The number of carbonyl (C=O) groups is 1. The predicted octanol–water partition coefficient (Wildman–Crippen LogP) is 1.81. The number of hydrogen-bond donors (Lipinski definition) is 1. The molecule has 0 aliphatic heterocycles. The molecule has 0 aromatic carbocycles. The van der Waals surface area contributed by atoms with E-state index in [4.69, 9.17) is 9.63 Å². The van der Waals surface area contributed by atoms with E-state index in [2.05, 4.69) is 10.1 Å². The van der Waals surface area contributed by atoms with E-state index in [9.17, 15) is 9.59 Å². The van der Waals surface area contributed by atoms with Crippen LogP contribution < -0.4 is 5.56 Å². The summed E-state index contributed by atoms with van der Waals surface area (Å²) in [6.45, 7) is 3.62. The molecule has 0 bridgehead atoms. The summed E-state index contributed by atoms with van der Waals surface area (Å²) in [5.74, 6) is -0.505. The molecule has 0 fully saturated rings. The maximum atomic E-state index is 12.5. The van der Waals surface area contributed by atoms with Gasteiger partial charge >= 0.3 is 5.97 Å². The van der Waals surface area contributed by atoms with E-state index >= 15 is 0 Å². The lowest BCUT2D eigenvalue weighted by Crippen LogP contribution is -2.21. The number of aromatic nitrogens is 3. The van der Waals surface area contributed by atoms with E-state index < -0.39 is 5.97 Å². The molecular formula is C13H11N3O4S. The SMILES string of the molecule is Cc1cc(Cn2cnc3sc(C(=O)O)c(C)c3c2=O)on1. The molecule has 1 N–H and O–H groups in total. The first-order valence-electron chi connectivity index (χ1n) is 6.11. The number of fused-ring (bicyclic) bond motifs is 1. The van der Waals surface area contributed by atoms with Gasteiger partial charge in [-0.2, -0.15) is 0 Å². The number of carboxylic acids is 1. The highest BCUT2D eigenvalue weighted by Gasteiger charge is 2.19. The van der Waals surface area contributed by atoms with Gasteiger partial charge < -0.3 is 9.63 Å². The normalized spacial score (nSPS) is 11.1. The Hall–Kier alpha value is -2.48. The van der Waals surface area contributed by atoms with Crippen LogP contribution in [0.1, 0.15) is 26.7 Å². The Bertz CT molecular complexity index is 906. The van der Waals surface area contributed by atoms with Crippen molar-refractivity contribution in [1.29, 1.82) is 0 Å². The molecule has 0 radical (unpaired) electrons. The summed E-state index contributed by atoms with van der Waals surface area (Å²) >= 11 is 1.01. The number of rotatable bonds is 3. The first kappa shape index (κ1) is 13.5. The average molecular weight is 305 g/mol. The van der Waals surface area contributed by atoms with Crippen LogP contribution in [0.5, 0.6) is 0 Å². The van der Waals surface area contributed by atoms with Crippen molar-refractivity contribution in [3.8, 4) is 0 Å². The van der Waals surface area contributed by atoms with Crippen molar-refractivity contribution in [3.63, 3.8) is 0 Å². The first-order valence-corrected chi connectivity index (χ1v) is 6.93. The summed E-state index contributed by atoms with van der Waals surface area (Å²) in [6.07, 6.45) is 1.39. The molecule has 21 heavy (non-hydrogen) atoms. The van der Waals surface area contributed by atoms with Crippen LogP contribution in [0.2, 0.25) is 0 Å². The topological polar surface area (TPSA) is 98.2 Å². The van der Waals surface area contributed by atoms with Gasteiger partial charge in [-0.15, -0.1) is 11.3 Å². The molecule has 0 spiro atoms. The van der Waals surface area contributed by atoms with Gasteiger partial charge in [0.05, 0.1) is 24.0 Å². The van der Waals surface area contributed by atoms with Crippen LogP contribution in [0, 0.1) is 13.8 Å². The fourth-order valence-electron chi connectivity index (χ4n) is 2.13. The minimum Gasteiger partial charge on any atom is -0.477 e. The molecule has 0 aliphatic carbocycles. The van der Waals surface area contributed by atoms with E-state index in [1.165, 1.54) is 10.9 Å². The Morgan fingerprint density at radius 2 is 2.24 bits per heavy atom. The third kappa shape index (κ3) is 2.23. The Morgan fingerprint density at radius 3 is 2.86 bits per heavy atom. The number of carboxylic acid groups (broad SMARTS) is 1. The highest BCUT2D eigenvalue weighted by atomic mass is 32.1. The Balaban J connectivity index is 2.13. The molecule has 8 heteroatoms. The van der Waals surface area contributed by atoms with Crippen molar-refractivity contribution < 1.29 is 14.4 Å². The second-order valence-electron chi connectivity index (χ2n) is 4.65. The van der Waals surface area contributed by atoms with E-state index in [0.717, 1.165) is 17.0 Å². The molecule has 3 aromatic rings. The molecule has 3 rings (SSSR count). The Labute approximate surface area is 122 Å². The van der Waals surface area contributed by atoms with E-state index in [0.29, 0.717) is 21.5 Å². The largest absolute Gasteiger partial charge is 0.477 e. The third-order valence-electron chi connectivity index (χ3n) is 3.11. The molecule has 3 heterocycles. The van der Waals surface area contributed by atoms with Crippen LogP contribution in [-0.4, -0.2) is 25.8 Å². The smallest absolute Gasteiger partial charge is 0.346 e. The third-order valence-corrected chi connectivity index (χ3v) is 4.30. The van der Waals surface area contributed by atoms with Crippen molar-refractivity contribution in [2.75, 3.05) is 0 Å². The lowest BCUT2D eigenvalue weighted by molar-refractivity contribution is 0.0701. The van der Waals surface area contributed by atoms with E-state index in [1.807, 2.05) is 0 Å².